The molecule has 0 atom stereocenters. The van der Waals surface area contributed by atoms with Crippen LogP contribution >= 0.6 is 0 Å². The minimum atomic E-state index is 0. The van der Waals surface area contributed by atoms with Crippen molar-refractivity contribution >= 4 is 20.4 Å². The number of rotatable bonds is 0. The molecule has 0 fully saturated rings. The Labute approximate surface area is 213 Å². The summed E-state index contributed by atoms with van der Waals surface area (Å²) < 4.78 is 67.5. The summed E-state index contributed by atoms with van der Waals surface area (Å²) in [5.74, 6) is 0. The molecule has 0 spiro atoms. The molecular formula is C12H3O12Rh4-. The molecule has 0 aromatic heterocycles. The normalized spacial score (nSPS) is 1.07. The van der Waals surface area contributed by atoms with Crippen LogP contribution in [0.15, 0.2) is 0 Å². The van der Waals surface area contributed by atoms with Crippen LogP contribution < -0.4 is 0 Å². The van der Waals surface area contributed by atoms with Crippen molar-refractivity contribution in [2.24, 2.45) is 0 Å². The Kier molecular flexibility index (Phi) is 126000. The average Bonchev–Trinajstić information content (AvgIpc) is 2.84. The molecule has 28 heavy (non-hydrogen) atoms. The summed E-state index contributed by atoms with van der Waals surface area (Å²) in [6, 6.07) is 0. The fourth-order valence-corrected chi connectivity index (χ4v) is 0. The Morgan fingerprint density at radius 2 is 0.286 bits per heavy atom. The van der Waals surface area contributed by atoms with E-state index in [0.29, 0.717) is 0 Å². The first-order valence-corrected chi connectivity index (χ1v) is 2.54. The van der Waals surface area contributed by atoms with Crippen LogP contribution in [0.1, 0.15) is 0 Å². The Morgan fingerprint density at radius 1 is 0.286 bits per heavy atom. The largest absolute Gasteiger partial charge is 2.00 e. The predicted octanol–water partition coefficient (Wildman–Crippen LogP) is -1.17. The summed E-state index contributed by atoms with van der Waals surface area (Å²) in [7, 11) is 0. The zero-order valence-electron chi connectivity index (χ0n) is 12.5. The van der Waals surface area contributed by atoms with Crippen LogP contribution in [0, 0.1) is 59.9 Å². The van der Waals surface area contributed by atoms with Crippen LogP contribution in [0.4, 0.5) is 0 Å². The fraction of sp³-hybridized carbons (Fsp3) is 0. The molecule has 0 saturated carbocycles. The van der Waals surface area contributed by atoms with Crippen molar-refractivity contribution in [1.29, 1.82) is 0 Å². The van der Waals surface area contributed by atoms with Gasteiger partial charge in [0.25, 0.3) is 0 Å². The Balaban J connectivity index is -0.00000000396. The first-order chi connectivity index (χ1) is 12.0. The molecule has 0 aromatic rings. The molecule has 12 nitrogen and oxygen atoms in total. The van der Waals surface area contributed by atoms with Gasteiger partial charge in [0.2, 0.25) is 0 Å². The van der Waals surface area contributed by atoms with Crippen LogP contribution in [0.25, 0.3) is 0 Å². The second kappa shape index (κ2) is 23700. The fourth-order valence-electron chi connectivity index (χ4n) is 0. The third-order valence-corrected chi connectivity index (χ3v) is 0. The van der Waals surface area contributed by atoms with E-state index in [1.807, 2.05) is 0 Å². The molecular weight excluding hydrogens is 748 g/mol. The van der Waals surface area contributed by atoms with Gasteiger partial charge in [0.15, 0.2) is 0 Å². The second-order valence-corrected chi connectivity index (χ2v) is 0. The van der Waals surface area contributed by atoms with Crippen molar-refractivity contribution < 1.29 is 134 Å². The van der Waals surface area contributed by atoms with Crippen LogP contribution in [0.2, 0.25) is 0 Å². The van der Waals surface area contributed by atoms with E-state index in [9.17, 15) is 0 Å². The monoisotopic (exact) mass is 751 g/mol. The quantitative estimate of drug-likeness (QED) is 0.129. The van der Waals surface area contributed by atoms with Crippen LogP contribution in [-0.2, 0) is 134 Å². The Morgan fingerprint density at radius 3 is 0.286 bits per heavy atom. The van der Waals surface area contributed by atoms with Crippen molar-refractivity contribution in [3.63, 3.8) is 0 Å². The van der Waals surface area contributed by atoms with Gasteiger partial charge in [-0.1, -0.05) is 0 Å². The minimum Gasteiger partial charge on any atom is -0.545 e. The molecule has 0 amide bonds. The van der Waals surface area contributed by atoms with E-state index in [1.165, 1.54) is 0 Å². The molecule has 160 valence electrons. The van der Waals surface area contributed by atoms with Gasteiger partial charge in [-0.2, -0.15) is 0 Å². The van der Waals surface area contributed by atoms with Gasteiger partial charge in [-0.15, -0.1) is 0 Å². The maximum absolute atomic E-state index is 7.75. The molecule has 0 bridgehead atoms. The molecule has 0 heterocycles. The minimum absolute atomic E-state index is 0. The summed E-state index contributed by atoms with van der Waals surface area (Å²) in [5, 5.41) is 0. The number of carbonyl (C=O) groups excluding carboxylic acids is 3. The first-order valence-electron chi connectivity index (χ1n) is 2.54. The summed E-state index contributed by atoms with van der Waals surface area (Å²) in [6.07, 6.45) is 0. The third kappa shape index (κ3) is 21000. The van der Waals surface area contributed by atoms with E-state index in [0.717, 1.165) is 0 Å². The molecule has 0 aliphatic rings. The predicted molar refractivity (Wildman–Crippen MR) is 55.6 cm³/mol. The van der Waals surface area contributed by atoms with E-state index in [2.05, 4.69) is 80.2 Å². The zero-order valence-corrected chi connectivity index (χ0v) is 19.0. The van der Waals surface area contributed by atoms with Gasteiger partial charge in [0.1, 0.15) is 0 Å². The van der Waals surface area contributed by atoms with E-state index >= 15 is 0 Å². The molecule has 0 unspecified atom stereocenters. The second-order valence-electron chi connectivity index (χ2n) is 0. The summed E-state index contributed by atoms with van der Waals surface area (Å²) in [4.78, 5) is 23.2. The molecule has 0 rings (SSSR count). The van der Waals surface area contributed by atoms with Gasteiger partial charge in [-0.3, -0.25) is 20.4 Å². The molecule has 0 N–H and O–H groups in total. The van der Waals surface area contributed by atoms with E-state index in [1.54, 1.807) is 0 Å². The topological polar surface area (TPSA) is 230 Å². The maximum atomic E-state index is 7.75. The number of hydrogen-bond acceptors (Lipinski definition) is 3. The Bertz CT molecular complexity index is 202. The average molecular weight is 751 g/mol. The van der Waals surface area contributed by atoms with Gasteiger partial charge in [-0.05, 0) is 0 Å². The van der Waals surface area contributed by atoms with Gasteiger partial charge < -0.3 is 14.4 Å². The molecule has 16 heteroatoms. The van der Waals surface area contributed by atoms with Crippen molar-refractivity contribution in [2.45, 2.75) is 0 Å². The summed E-state index contributed by atoms with van der Waals surface area (Å²) in [6.45, 7) is 50.2. The van der Waals surface area contributed by atoms with Crippen molar-refractivity contribution in [2.75, 3.05) is 0 Å². The standard InChI is InChI=1S/3CHO.9CO.4Rh/c12*1-2;;;;/h3*1H;;;;;;;;;;;;;/q3*-1;;;;;;;;;;;;;+2. The van der Waals surface area contributed by atoms with Crippen LogP contribution in [-0.4, -0.2) is 20.4 Å². The van der Waals surface area contributed by atoms with Gasteiger partial charge in [0.05, 0.1) is 0 Å². The van der Waals surface area contributed by atoms with Crippen LogP contribution in [0.3, 0.4) is 0 Å². The molecule has 0 saturated heterocycles. The van der Waals surface area contributed by atoms with Crippen LogP contribution in [0.5, 0.6) is 0 Å². The third-order valence-electron chi connectivity index (χ3n) is 0. The van der Waals surface area contributed by atoms with Crippen molar-refractivity contribution in [3.05, 3.63) is 59.9 Å². The van der Waals surface area contributed by atoms with E-state index < -0.39 is 0 Å². The van der Waals surface area contributed by atoms with Crippen molar-refractivity contribution in [3.8, 4) is 0 Å². The Hall–Kier alpha value is -0.836. The first kappa shape index (κ1) is 149. The van der Waals surface area contributed by atoms with Gasteiger partial charge in [-0.25, -0.2) is 0 Å². The zero-order chi connectivity index (χ0) is 24.0. The van der Waals surface area contributed by atoms with E-state index in [4.69, 9.17) is 56.3 Å². The van der Waals surface area contributed by atoms with Crippen molar-refractivity contribution in [1.82, 2.24) is 0 Å². The smallest absolute Gasteiger partial charge is 0.545 e. The molecule has 0 aliphatic carbocycles. The molecule has 4 radical (unpaired) electrons. The SMILES string of the molecule is [C-]#[O+].[C-]#[O+].[C-]#[O+].[C-]#[O+].[C-]#[O+].[C-]#[O+].[C-]#[O+].[C-]#[O+].[C-]#[O+].[CH-]=O.[CH-]=O.[CH-]=O.[Rh+2].[Rh].[Rh].[Rh]. The molecule has 0 aromatic carbocycles. The maximum Gasteiger partial charge on any atom is 2.00 e. The summed E-state index contributed by atoms with van der Waals surface area (Å²) >= 11 is 0. The summed E-state index contributed by atoms with van der Waals surface area (Å²) in [5.41, 5.74) is 0. The molecule has 0 aliphatic heterocycles. The van der Waals surface area contributed by atoms with Gasteiger partial charge >= 0.3 is 121 Å². The number of hydrogen-bond donors (Lipinski definition) is 0. The van der Waals surface area contributed by atoms with E-state index in [-0.39, 0.29) is 77.9 Å². The van der Waals surface area contributed by atoms with Gasteiger partial charge in [0, 0.05) is 58.4 Å².